The van der Waals surface area contributed by atoms with Gasteiger partial charge in [-0.2, -0.15) is 0 Å². The highest BCUT2D eigenvalue weighted by molar-refractivity contribution is 6.00. The maximum atomic E-state index is 13.0. The van der Waals surface area contributed by atoms with Crippen molar-refractivity contribution in [2.24, 2.45) is 5.92 Å². The van der Waals surface area contributed by atoms with Crippen molar-refractivity contribution in [3.8, 4) is 0 Å². The molecule has 0 aromatic heterocycles. The number of amides is 1. The van der Waals surface area contributed by atoms with Crippen LogP contribution in [0.2, 0.25) is 0 Å². The average molecular weight is 360 g/mol. The van der Waals surface area contributed by atoms with E-state index in [1.807, 2.05) is 24.3 Å². The fourth-order valence-electron chi connectivity index (χ4n) is 3.59. The SMILES string of the molecule is O=C(N[C@@H]1COCC[C@@H]1OCC1CC1)c1ccccc1N1CCOCC1. The van der Waals surface area contributed by atoms with Crippen LogP contribution in [0.3, 0.4) is 0 Å². The Balaban J connectivity index is 1.43. The van der Waals surface area contributed by atoms with Crippen LogP contribution in [-0.2, 0) is 14.2 Å². The average Bonchev–Trinajstić information content (AvgIpc) is 3.52. The molecule has 1 aliphatic carbocycles. The summed E-state index contributed by atoms with van der Waals surface area (Å²) in [5, 5.41) is 3.16. The number of carbonyl (C=O) groups excluding carboxylic acids is 1. The van der Waals surface area contributed by atoms with E-state index in [4.69, 9.17) is 14.2 Å². The summed E-state index contributed by atoms with van der Waals surface area (Å²) in [7, 11) is 0. The number of morpholine rings is 1. The number of nitrogens with one attached hydrogen (secondary N) is 1. The first kappa shape index (κ1) is 17.8. The van der Waals surface area contributed by atoms with Crippen molar-refractivity contribution in [2.45, 2.75) is 31.4 Å². The predicted octanol–water partition coefficient (Wildman–Crippen LogP) is 1.84. The third kappa shape index (κ3) is 4.37. The van der Waals surface area contributed by atoms with E-state index >= 15 is 0 Å². The number of hydrogen-bond acceptors (Lipinski definition) is 5. The summed E-state index contributed by atoms with van der Waals surface area (Å²) in [5.41, 5.74) is 1.68. The molecule has 0 spiro atoms. The van der Waals surface area contributed by atoms with Crippen molar-refractivity contribution >= 4 is 11.6 Å². The summed E-state index contributed by atoms with van der Waals surface area (Å²) in [5.74, 6) is 0.666. The molecule has 3 fully saturated rings. The fourth-order valence-corrected chi connectivity index (χ4v) is 3.59. The number of para-hydroxylation sites is 1. The zero-order chi connectivity index (χ0) is 17.8. The summed E-state index contributed by atoms with van der Waals surface area (Å²) in [6, 6.07) is 7.71. The van der Waals surface area contributed by atoms with E-state index in [0.29, 0.717) is 32.0 Å². The van der Waals surface area contributed by atoms with Crippen LogP contribution in [0, 0.1) is 5.92 Å². The zero-order valence-electron chi connectivity index (χ0n) is 15.2. The normalized spacial score (nSPS) is 26.5. The van der Waals surface area contributed by atoms with Crippen molar-refractivity contribution in [2.75, 3.05) is 51.0 Å². The molecule has 1 saturated carbocycles. The Bertz CT molecular complexity index is 614. The molecule has 1 amide bonds. The molecule has 6 heteroatoms. The molecule has 3 aliphatic rings. The summed E-state index contributed by atoms with van der Waals surface area (Å²) < 4.78 is 17.1. The van der Waals surface area contributed by atoms with Gasteiger partial charge in [0.05, 0.1) is 37.5 Å². The molecule has 142 valence electrons. The van der Waals surface area contributed by atoms with Gasteiger partial charge in [0.1, 0.15) is 0 Å². The van der Waals surface area contributed by atoms with Crippen LogP contribution in [0.1, 0.15) is 29.6 Å². The Morgan fingerprint density at radius 2 is 1.92 bits per heavy atom. The van der Waals surface area contributed by atoms with Gasteiger partial charge in [-0.3, -0.25) is 4.79 Å². The fraction of sp³-hybridized carbons (Fsp3) is 0.650. The third-order valence-electron chi connectivity index (χ3n) is 5.35. The molecule has 6 nitrogen and oxygen atoms in total. The molecule has 1 N–H and O–H groups in total. The van der Waals surface area contributed by atoms with E-state index in [0.717, 1.165) is 37.7 Å². The van der Waals surface area contributed by atoms with Gasteiger partial charge in [-0.25, -0.2) is 0 Å². The first-order chi connectivity index (χ1) is 12.8. The summed E-state index contributed by atoms with van der Waals surface area (Å²) >= 11 is 0. The highest BCUT2D eigenvalue weighted by Gasteiger charge is 2.31. The lowest BCUT2D eigenvalue weighted by molar-refractivity contribution is -0.0567. The third-order valence-corrected chi connectivity index (χ3v) is 5.35. The molecule has 0 unspecified atom stereocenters. The smallest absolute Gasteiger partial charge is 0.253 e. The molecular weight excluding hydrogens is 332 g/mol. The number of carbonyl (C=O) groups is 1. The van der Waals surface area contributed by atoms with Crippen LogP contribution in [-0.4, -0.2) is 64.2 Å². The van der Waals surface area contributed by atoms with Crippen molar-refractivity contribution in [1.82, 2.24) is 5.32 Å². The van der Waals surface area contributed by atoms with Gasteiger partial charge in [0.2, 0.25) is 0 Å². The molecular formula is C20H28N2O4. The quantitative estimate of drug-likeness (QED) is 0.839. The molecule has 1 aromatic rings. The monoisotopic (exact) mass is 360 g/mol. The van der Waals surface area contributed by atoms with Crippen LogP contribution in [0.15, 0.2) is 24.3 Å². The van der Waals surface area contributed by atoms with Crippen molar-refractivity contribution in [3.63, 3.8) is 0 Å². The van der Waals surface area contributed by atoms with Gasteiger partial charge in [-0.1, -0.05) is 12.1 Å². The Kier molecular flexibility index (Phi) is 5.72. The van der Waals surface area contributed by atoms with Gasteiger partial charge in [0, 0.05) is 32.0 Å². The Morgan fingerprint density at radius 3 is 2.73 bits per heavy atom. The molecule has 4 rings (SSSR count). The first-order valence-corrected chi connectivity index (χ1v) is 9.73. The molecule has 0 radical (unpaired) electrons. The summed E-state index contributed by atoms with van der Waals surface area (Å²) in [4.78, 5) is 15.2. The topological polar surface area (TPSA) is 60.0 Å². The van der Waals surface area contributed by atoms with Crippen molar-refractivity contribution in [3.05, 3.63) is 29.8 Å². The van der Waals surface area contributed by atoms with Gasteiger partial charge < -0.3 is 24.4 Å². The van der Waals surface area contributed by atoms with E-state index in [1.54, 1.807) is 0 Å². The summed E-state index contributed by atoms with van der Waals surface area (Å²) in [6.45, 7) is 5.04. The predicted molar refractivity (Wildman–Crippen MR) is 98.6 cm³/mol. The lowest BCUT2D eigenvalue weighted by Crippen LogP contribution is -2.51. The highest BCUT2D eigenvalue weighted by Crippen LogP contribution is 2.30. The second-order valence-electron chi connectivity index (χ2n) is 7.38. The second kappa shape index (κ2) is 8.37. The molecule has 2 heterocycles. The minimum Gasteiger partial charge on any atom is -0.379 e. The number of benzene rings is 1. The van der Waals surface area contributed by atoms with E-state index in [2.05, 4.69) is 10.2 Å². The van der Waals surface area contributed by atoms with Crippen LogP contribution < -0.4 is 10.2 Å². The minimum absolute atomic E-state index is 0.0452. The highest BCUT2D eigenvalue weighted by atomic mass is 16.5. The van der Waals surface area contributed by atoms with Gasteiger partial charge in [0.15, 0.2) is 0 Å². The van der Waals surface area contributed by atoms with Crippen molar-refractivity contribution < 1.29 is 19.0 Å². The zero-order valence-corrected chi connectivity index (χ0v) is 15.2. The molecule has 2 aliphatic heterocycles. The Labute approximate surface area is 154 Å². The number of nitrogens with zero attached hydrogens (tertiary/aromatic N) is 1. The van der Waals surface area contributed by atoms with E-state index < -0.39 is 0 Å². The molecule has 2 atom stereocenters. The maximum absolute atomic E-state index is 13.0. The Morgan fingerprint density at radius 1 is 1.12 bits per heavy atom. The van der Waals surface area contributed by atoms with E-state index in [-0.39, 0.29) is 18.1 Å². The number of hydrogen-bond donors (Lipinski definition) is 1. The van der Waals surface area contributed by atoms with Crippen LogP contribution >= 0.6 is 0 Å². The standard InChI is InChI=1S/C20H28N2O4/c23-20(16-3-1-2-4-18(16)22-8-11-24-12-9-22)21-17-14-25-10-7-19(17)26-13-15-5-6-15/h1-4,15,17,19H,5-14H2,(H,21,23)/t17-,19+/m1/s1. The maximum Gasteiger partial charge on any atom is 0.253 e. The van der Waals surface area contributed by atoms with Crippen LogP contribution in [0.4, 0.5) is 5.69 Å². The van der Waals surface area contributed by atoms with Gasteiger partial charge in [-0.05, 0) is 37.3 Å². The van der Waals surface area contributed by atoms with Gasteiger partial charge in [-0.15, -0.1) is 0 Å². The lowest BCUT2D eigenvalue weighted by atomic mass is 10.0. The van der Waals surface area contributed by atoms with Crippen LogP contribution in [0.5, 0.6) is 0 Å². The first-order valence-electron chi connectivity index (χ1n) is 9.73. The number of ether oxygens (including phenoxy) is 3. The molecule has 0 bridgehead atoms. The second-order valence-corrected chi connectivity index (χ2v) is 7.38. The lowest BCUT2D eigenvalue weighted by Gasteiger charge is -2.33. The van der Waals surface area contributed by atoms with Crippen molar-refractivity contribution in [1.29, 1.82) is 0 Å². The van der Waals surface area contributed by atoms with Gasteiger partial charge in [0.25, 0.3) is 5.91 Å². The molecule has 26 heavy (non-hydrogen) atoms. The Hall–Kier alpha value is -1.63. The van der Waals surface area contributed by atoms with Crippen LogP contribution in [0.25, 0.3) is 0 Å². The minimum atomic E-state index is -0.0901. The largest absolute Gasteiger partial charge is 0.379 e. The molecule has 2 saturated heterocycles. The number of anilines is 1. The van der Waals surface area contributed by atoms with Gasteiger partial charge >= 0.3 is 0 Å². The molecule has 1 aromatic carbocycles. The van der Waals surface area contributed by atoms with E-state index in [9.17, 15) is 4.79 Å². The van der Waals surface area contributed by atoms with E-state index in [1.165, 1.54) is 12.8 Å². The number of rotatable bonds is 6. The summed E-state index contributed by atoms with van der Waals surface area (Å²) in [6.07, 6.45) is 3.42.